The largest absolute Gasteiger partial charge is 0.464 e. The average molecular weight is 239 g/mol. The summed E-state index contributed by atoms with van der Waals surface area (Å²) in [5.74, 6) is 0. The highest BCUT2D eigenvalue weighted by atomic mass is 79.9. The van der Waals surface area contributed by atoms with Crippen LogP contribution in [0.15, 0.2) is 0 Å². The quantitative estimate of drug-likeness (QED) is 0.322. The number of rotatable bonds is 4. The number of nitrogens with zero attached hydrogens (tertiary/aromatic N) is 1. The summed E-state index contributed by atoms with van der Waals surface area (Å²) >= 11 is 3.45. The Morgan fingerprint density at radius 1 is 1.58 bits per heavy atom. The molecule has 12 heavy (non-hydrogen) atoms. The Labute approximate surface area is 81.9 Å². The normalized spacial score (nSPS) is 14.0. The Bertz CT molecular complexity index is 155. The van der Waals surface area contributed by atoms with E-state index in [0.29, 0.717) is 6.61 Å². The lowest BCUT2D eigenvalue weighted by Gasteiger charge is -2.26. The SMILES string of the molecule is C[N+](C)(C)CC(Br)COC(=N)N. The van der Waals surface area contributed by atoms with Crippen LogP contribution in [0.4, 0.5) is 0 Å². The smallest absolute Gasteiger partial charge is 0.279 e. The van der Waals surface area contributed by atoms with Crippen LogP contribution in [-0.4, -0.2) is 49.6 Å². The van der Waals surface area contributed by atoms with Crippen molar-refractivity contribution in [3.63, 3.8) is 0 Å². The standard InChI is InChI=1S/C7H17BrN3O/c1-11(2,3)4-6(8)5-12-7(9)10/h6H,4-5H2,1-3H3,(H3,9,10)/q+1. The van der Waals surface area contributed by atoms with E-state index in [4.69, 9.17) is 15.9 Å². The van der Waals surface area contributed by atoms with Crippen molar-refractivity contribution >= 4 is 22.0 Å². The van der Waals surface area contributed by atoms with Gasteiger partial charge in [-0.05, 0) is 0 Å². The predicted octanol–water partition coefficient (Wildman–Crippen LogP) is 0.366. The molecule has 0 saturated heterocycles. The molecule has 0 rings (SSSR count). The minimum Gasteiger partial charge on any atom is -0.464 e. The van der Waals surface area contributed by atoms with Gasteiger partial charge >= 0.3 is 0 Å². The molecule has 0 aliphatic rings. The molecule has 0 fully saturated rings. The molecule has 0 radical (unpaired) electrons. The van der Waals surface area contributed by atoms with Gasteiger partial charge in [0, 0.05) is 0 Å². The number of hydrogen-bond donors (Lipinski definition) is 2. The molecule has 1 unspecified atom stereocenters. The monoisotopic (exact) mass is 238 g/mol. The molecule has 0 saturated carbocycles. The van der Waals surface area contributed by atoms with Gasteiger partial charge in [-0.1, -0.05) is 15.9 Å². The van der Waals surface area contributed by atoms with E-state index in [1.807, 2.05) is 0 Å². The van der Waals surface area contributed by atoms with Crippen LogP contribution >= 0.6 is 15.9 Å². The number of quaternary nitrogens is 1. The van der Waals surface area contributed by atoms with Crippen LogP contribution < -0.4 is 5.73 Å². The Balaban J connectivity index is 3.60. The van der Waals surface area contributed by atoms with E-state index >= 15 is 0 Å². The van der Waals surface area contributed by atoms with Gasteiger partial charge in [-0.2, -0.15) is 0 Å². The number of amidine groups is 1. The molecule has 0 aromatic heterocycles. The maximum absolute atomic E-state index is 6.85. The molecule has 1 atom stereocenters. The number of hydrogen-bond acceptors (Lipinski definition) is 2. The van der Waals surface area contributed by atoms with Gasteiger partial charge in [-0.15, -0.1) is 0 Å². The van der Waals surface area contributed by atoms with Crippen LogP contribution in [0.5, 0.6) is 0 Å². The molecule has 0 aromatic rings. The van der Waals surface area contributed by atoms with Crippen LogP contribution in [0.1, 0.15) is 0 Å². The second-order valence-corrected chi connectivity index (χ2v) is 5.04. The summed E-state index contributed by atoms with van der Waals surface area (Å²) in [6.45, 7) is 1.39. The Morgan fingerprint density at radius 3 is 2.42 bits per heavy atom. The molecule has 0 amide bonds. The number of halogens is 1. The van der Waals surface area contributed by atoms with Crippen molar-refractivity contribution in [2.24, 2.45) is 5.73 Å². The number of alkyl halides is 1. The lowest BCUT2D eigenvalue weighted by atomic mass is 10.4. The third-order valence-electron chi connectivity index (χ3n) is 1.17. The molecule has 0 aliphatic heterocycles. The molecular weight excluding hydrogens is 222 g/mol. The highest BCUT2D eigenvalue weighted by molar-refractivity contribution is 9.09. The van der Waals surface area contributed by atoms with E-state index in [1.165, 1.54) is 0 Å². The lowest BCUT2D eigenvalue weighted by molar-refractivity contribution is -0.869. The average Bonchev–Trinajstić information content (AvgIpc) is 1.79. The van der Waals surface area contributed by atoms with Gasteiger partial charge < -0.3 is 15.0 Å². The molecule has 5 heteroatoms. The second kappa shape index (κ2) is 4.67. The maximum atomic E-state index is 6.85. The van der Waals surface area contributed by atoms with Crippen LogP contribution in [0.25, 0.3) is 0 Å². The summed E-state index contributed by atoms with van der Waals surface area (Å²) in [5.41, 5.74) is 5.04. The van der Waals surface area contributed by atoms with Gasteiger partial charge in [0.15, 0.2) is 0 Å². The fourth-order valence-corrected chi connectivity index (χ4v) is 1.83. The first kappa shape index (κ1) is 11.7. The molecule has 0 bridgehead atoms. The van der Waals surface area contributed by atoms with Crippen LogP contribution in [0, 0.1) is 5.41 Å². The van der Waals surface area contributed by atoms with Crippen molar-refractivity contribution in [3.8, 4) is 0 Å². The van der Waals surface area contributed by atoms with Gasteiger partial charge in [0.1, 0.15) is 6.61 Å². The van der Waals surface area contributed by atoms with Gasteiger partial charge in [-0.3, -0.25) is 5.41 Å². The number of nitrogens with two attached hydrogens (primary N) is 1. The van der Waals surface area contributed by atoms with E-state index < -0.39 is 0 Å². The molecular formula is C7H17BrN3O+. The summed E-state index contributed by atoms with van der Waals surface area (Å²) < 4.78 is 5.71. The van der Waals surface area contributed by atoms with Crippen LogP contribution in [0.3, 0.4) is 0 Å². The highest BCUT2D eigenvalue weighted by Crippen LogP contribution is 2.05. The zero-order valence-electron chi connectivity index (χ0n) is 7.80. The fourth-order valence-electron chi connectivity index (χ4n) is 0.827. The van der Waals surface area contributed by atoms with Crippen molar-refractivity contribution in [2.45, 2.75) is 4.83 Å². The van der Waals surface area contributed by atoms with Crippen molar-refractivity contribution < 1.29 is 9.22 Å². The minimum atomic E-state index is -0.221. The van der Waals surface area contributed by atoms with Crippen LogP contribution in [0.2, 0.25) is 0 Å². The van der Waals surface area contributed by atoms with E-state index in [1.54, 1.807) is 0 Å². The van der Waals surface area contributed by atoms with Crippen molar-refractivity contribution in [2.75, 3.05) is 34.3 Å². The fraction of sp³-hybridized carbons (Fsp3) is 0.857. The zero-order chi connectivity index (χ0) is 9.78. The number of nitrogens with one attached hydrogen (secondary N) is 1. The summed E-state index contributed by atoms with van der Waals surface area (Å²) in [7, 11) is 6.30. The van der Waals surface area contributed by atoms with Gasteiger partial charge in [0.05, 0.1) is 32.5 Å². The molecule has 0 aliphatic carbocycles. The van der Waals surface area contributed by atoms with Crippen LogP contribution in [-0.2, 0) is 4.74 Å². The molecule has 3 N–H and O–H groups in total. The molecule has 4 nitrogen and oxygen atoms in total. The Kier molecular flexibility index (Phi) is 4.55. The summed E-state index contributed by atoms with van der Waals surface area (Å²) in [5, 5.41) is 6.85. The Morgan fingerprint density at radius 2 is 2.08 bits per heavy atom. The van der Waals surface area contributed by atoms with Gasteiger partial charge in [0.25, 0.3) is 6.02 Å². The molecule has 72 valence electrons. The summed E-state index contributed by atoms with van der Waals surface area (Å²) in [6.07, 6.45) is 0. The zero-order valence-corrected chi connectivity index (χ0v) is 9.39. The molecule has 0 aromatic carbocycles. The molecule has 0 heterocycles. The number of ether oxygens (including phenoxy) is 1. The minimum absolute atomic E-state index is 0.221. The van der Waals surface area contributed by atoms with E-state index in [9.17, 15) is 0 Å². The van der Waals surface area contributed by atoms with E-state index in [-0.39, 0.29) is 10.8 Å². The summed E-state index contributed by atoms with van der Waals surface area (Å²) in [6, 6.07) is -0.221. The van der Waals surface area contributed by atoms with E-state index in [2.05, 4.69) is 37.1 Å². The lowest BCUT2D eigenvalue weighted by Crippen LogP contribution is -2.41. The van der Waals surface area contributed by atoms with Gasteiger partial charge in [0.2, 0.25) is 0 Å². The third-order valence-corrected chi connectivity index (χ3v) is 1.72. The van der Waals surface area contributed by atoms with Crippen molar-refractivity contribution in [1.82, 2.24) is 0 Å². The van der Waals surface area contributed by atoms with Gasteiger partial charge in [-0.25, -0.2) is 0 Å². The molecule has 0 spiro atoms. The first-order valence-electron chi connectivity index (χ1n) is 3.72. The maximum Gasteiger partial charge on any atom is 0.279 e. The second-order valence-electron chi connectivity index (χ2n) is 3.75. The van der Waals surface area contributed by atoms with Crippen molar-refractivity contribution in [1.29, 1.82) is 5.41 Å². The highest BCUT2D eigenvalue weighted by Gasteiger charge is 2.15. The predicted molar refractivity (Wildman–Crippen MR) is 53.5 cm³/mol. The Hall–Kier alpha value is -0.290. The summed E-state index contributed by atoms with van der Waals surface area (Å²) in [4.78, 5) is 0.237. The third kappa shape index (κ3) is 7.81. The first-order chi connectivity index (χ1) is 5.31. The first-order valence-corrected chi connectivity index (χ1v) is 4.64. The topological polar surface area (TPSA) is 59.1 Å². The van der Waals surface area contributed by atoms with Crippen molar-refractivity contribution in [3.05, 3.63) is 0 Å². The van der Waals surface area contributed by atoms with E-state index in [0.717, 1.165) is 11.0 Å².